The van der Waals surface area contributed by atoms with Gasteiger partial charge in [0.15, 0.2) is 0 Å². The molecule has 0 amide bonds. The molecule has 4 nitrogen and oxygen atoms in total. The first kappa shape index (κ1) is 15.9. The van der Waals surface area contributed by atoms with Gasteiger partial charge in [0.25, 0.3) is 0 Å². The summed E-state index contributed by atoms with van der Waals surface area (Å²) in [5.74, 6) is -1.47. The molecule has 0 aliphatic carbocycles. The van der Waals surface area contributed by atoms with Gasteiger partial charge in [-0.05, 0) is 23.8 Å². The van der Waals surface area contributed by atoms with E-state index in [0.717, 1.165) is 6.08 Å². The molecule has 0 saturated heterocycles. The SMILES string of the molecule is C=CCN(CCOC)c1ccc(/C=C/C(=O)O)cc1F. The maximum atomic E-state index is 14.1. The van der Waals surface area contributed by atoms with Crippen LogP contribution >= 0.6 is 0 Å². The molecule has 20 heavy (non-hydrogen) atoms. The van der Waals surface area contributed by atoms with Crippen LogP contribution in [-0.4, -0.2) is 37.9 Å². The molecular formula is C15H18FNO3. The summed E-state index contributed by atoms with van der Waals surface area (Å²) >= 11 is 0. The lowest BCUT2D eigenvalue weighted by Gasteiger charge is -2.23. The van der Waals surface area contributed by atoms with Crippen molar-refractivity contribution >= 4 is 17.7 Å². The Morgan fingerprint density at radius 1 is 1.55 bits per heavy atom. The van der Waals surface area contributed by atoms with Gasteiger partial charge < -0.3 is 14.7 Å². The van der Waals surface area contributed by atoms with Crippen LogP contribution in [0.5, 0.6) is 0 Å². The molecule has 0 heterocycles. The number of hydrogen-bond acceptors (Lipinski definition) is 3. The fourth-order valence-electron chi connectivity index (χ4n) is 1.72. The summed E-state index contributed by atoms with van der Waals surface area (Å²) in [6.07, 6.45) is 4.01. The molecule has 0 bridgehead atoms. The Kier molecular flexibility index (Phi) is 6.46. The fourth-order valence-corrected chi connectivity index (χ4v) is 1.72. The summed E-state index contributed by atoms with van der Waals surface area (Å²) in [4.78, 5) is 12.2. The Hall–Kier alpha value is -2.14. The van der Waals surface area contributed by atoms with Crippen LogP contribution in [0.1, 0.15) is 5.56 Å². The highest BCUT2D eigenvalue weighted by atomic mass is 19.1. The van der Waals surface area contributed by atoms with Crippen molar-refractivity contribution in [3.05, 3.63) is 48.3 Å². The van der Waals surface area contributed by atoms with Crippen LogP contribution in [0, 0.1) is 5.82 Å². The number of nitrogens with zero attached hydrogens (tertiary/aromatic N) is 1. The van der Waals surface area contributed by atoms with Crippen LogP contribution in [0.2, 0.25) is 0 Å². The standard InChI is InChI=1S/C15H18FNO3/c1-3-8-17(9-10-20-2)14-6-4-12(11-13(14)16)5-7-15(18)19/h3-7,11H,1,8-10H2,2H3,(H,18,19)/b7-5+. The molecule has 1 aromatic carbocycles. The quantitative estimate of drug-likeness (QED) is 0.587. The van der Waals surface area contributed by atoms with Crippen LogP contribution in [0.3, 0.4) is 0 Å². The molecule has 108 valence electrons. The summed E-state index contributed by atoms with van der Waals surface area (Å²) < 4.78 is 19.1. The number of aliphatic carboxylic acids is 1. The van der Waals surface area contributed by atoms with E-state index in [9.17, 15) is 9.18 Å². The highest BCUT2D eigenvalue weighted by molar-refractivity contribution is 5.85. The molecule has 0 saturated carbocycles. The van der Waals surface area contributed by atoms with Gasteiger partial charge in [0.2, 0.25) is 0 Å². The molecule has 1 aromatic rings. The molecule has 0 aliphatic heterocycles. The number of carboxylic acids is 1. The second-order valence-corrected chi connectivity index (χ2v) is 4.11. The van der Waals surface area contributed by atoms with E-state index in [4.69, 9.17) is 9.84 Å². The maximum absolute atomic E-state index is 14.1. The predicted molar refractivity (Wildman–Crippen MR) is 77.4 cm³/mol. The zero-order chi connectivity index (χ0) is 15.0. The Morgan fingerprint density at radius 2 is 2.30 bits per heavy atom. The van der Waals surface area contributed by atoms with Gasteiger partial charge in [-0.2, -0.15) is 0 Å². The zero-order valence-corrected chi connectivity index (χ0v) is 11.4. The number of anilines is 1. The number of methoxy groups -OCH3 is 1. The van der Waals surface area contributed by atoms with E-state index < -0.39 is 11.8 Å². The van der Waals surface area contributed by atoms with Crippen molar-refractivity contribution in [3.8, 4) is 0 Å². The van der Waals surface area contributed by atoms with Gasteiger partial charge in [-0.15, -0.1) is 6.58 Å². The molecule has 5 heteroatoms. The van der Waals surface area contributed by atoms with Crippen molar-refractivity contribution < 1.29 is 19.0 Å². The van der Waals surface area contributed by atoms with Crippen molar-refractivity contribution in [1.82, 2.24) is 0 Å². The second kappa shape index (κ2) is 8.12. The van der Waals surface area contributed by atoms with Gasteiger partial charge in [0.05, 0.1) is 12.3 Å². The molecule has 1 N–H and O–H groups in total. The first-order valence-electron chi connectivity index (χ1n) is 6.13. The lowest BCUT2D eigenvalue weighted by molar-refractivity contribution is -0.131. The Morgan fingerprint density at radius 3 is 2.85 bits per heavy atom. The van der Waals surface area contributed by atoms with Crippen LogP contribution in [0.25, 0.3) is 6.08 Å². The van der Waals surface area contributed by atoms with Crippen LogP contribution in [0.15, 0.2) is 36.9 Å². The monoisotopic (exact) mass is 279 g/mol. The third kappa shape index (κ3) is 4.85. The summed E-state index contributed by atoms with van der Waals surface area (Å²) in [5, 5.41) is 8.54. The molecule has 0 aromatic heterocycles. The number of benzene rings is 1. The van der Waals surface area contributed by atoms with E-state index in [1.807, 2.05) is 0 Å². The van der Waals surface area contributed by atoms with Crippen molar-refractivity contribution in [3.63, 3.8) is 0 Å². The molecule has 0 radical (unpaired) electrons. The number of ether oxygens (including phenoxy) is 1. The van der Waals surface area contributed by atoms with Crippen LogP contribution in [-0.2, 0) is 9.53 Å². The maximum Gasteiger partial charge on any atom is 0.328 e. The molecule has 0 aliphatic rings. The van der Waals surface area contributed by atoms with Gasteiger partial charge in [0, 0.05) is 26.3 Å². The zero-order valence-electron chi connectivity index (χ0n) is 11.4. The highest BCUT2D eigenvalue weighted by Gasteiger charge is 2.10. The van der Waals surface area contributed by atoms with Gasteiger partial charge in [-0.1, -0.05) is 12.1 Å². The average Bonchev–Trinajstić information content (AvgIpc) is 2.41. The summed E-state index contributed by atoms with van der Waals surface area (Å²) in [6.45, 7) is 5.18. The average molecular weight is 279 g/mol. The van der Waals surface area contributed by atoms with Crippen molar-refractivity contribution in [2.24, 2.45) is 0 Å². The summed E-state index contributed by atoms with van der Waals surface area (Å²) in [5.41, 5.74) is 0.938. The van der Waals surface area contributed by atoms with E-state index in [2.05, 4.69) is 6.58 Å². The second-order valence-electron chi connectivity index (χ2n) is 4.11. The summed E-state index contributed by atoms with van der Waals surface area (Å²) in [7, 11) is 1.59. The van der Waals surface area contributed by atoms with Crippen LogP contribution in [0.4, 0.5) is 10.1 Å². The molecule has 0 unspecified atom stereocenters. The van der Waals surface area contributed by atoms with E-state index >= 15 is 0 Å². The molecule has 1 rings (SSSR count). The minimum atomic E-state index is -1.07. The van der Waals surface area contributed by atoms with E-state index in [1.54, 1.807) is 30.2 Å². The van der Waals surface area contributed by atoms with E-state index in [1.165, 1.54) is 12.1 Å². The highest BCUT2D eigenvalue weighted by Crippen LogP contribution is 2.21. The minimum Gasteiger partial charge on any atom is -0.478 e. The molecule has 0 spiro atoms. The number of rotatable bonds is 8. The van der Waals surface area contributed by atoms with Gasteiger partial charge in [0.1, 0.15) is 5.82 Å². The van der Waals surface area contributed by atoms with Crippen molar-refractivity contribution in [1.29, 1.82) is 0 Å². The van der Waals surface area contributed by atoms with Crippen molar-refractivity contribution in [2.45, 2.75) is 0 Å². The first-order valence-corrected chi connectivity index (χ1v) is 6.13. The number of halogens is 1. The lowest BCUT2D eigenvalue weighted by atomic mass is 10.1. The summed E-state index contributed by atoms with van der Waals surface area (Å²) in [6, 6.07) is 4.59. The Bertz CT molecular complexity index is 500. The van der Waals surface area contributed by atoms with Crippen LogP contribution < -0.4 is 4.90 Å². The van der Waals surface area contributed by atoms with Gasteiger partial charge in [-0.3, -0.25) is 0 Å². The number of carbonyl (C=O) groups is 1. The third-order valence-corrected chi connectivity index (χ3v) is 2.65. The van der Waals surface area contributed by atoms with Crippen molar-refractivity contribution in [2.75, 3.05) is 31.7 Å². The number of hydrogen-bond donors (Lipinski definition) is 1. The van der Waals surface area contributed by atoms with Gasteiger partial charge >= 0.3 is 5.97 Å². The molecule has 0 atom stereocenters. The normalized spacial score (nSPS) is 10.7. The topological polar surface area (TPSA) is 49.8 Å². The lowest BCUT2D eigenvalue weighted by Crippen LogP contribution is -2.28. The minimum absolute atomic E-state index is 0.407. The largest absolute Gasteiger partial charge is 0.478 e. The van der Waals surface area contributed by atoms with E-state index in [-0.39, 0.29) is 0 Å². The van der Waals surface area contributed by atoms with E-state index in [0.29, 0.717) is 30.9 Å². The first-order chi connectivity index (χ1) is 9.58. The Balaban J connectivity index is 2.93. The number of carboxylic acid groups (broad SMARTS) is 1. The predicted octanol–water partition coefficient (Wildman–Crippen LogP) is 2.56. The van der Waals surface area contributed by atoms with Gasteiger partial charge in [-0.25, -0.2) is 9.18 Å². The fraction of sp³-hybridized carbons (Fsp3) is 0.267. The third-order valence-electron chi connectivity index (χ3n) is 2.65. The Labute approximate surface area is 117 Å². The smallest absolute Gasteiger partial charge is 0.328 e. The molecule has 0 fully saturated rings. The molecular weight excluding hydrogens is 261 g/mol.